The lowest BCUT2D eigenvalue weighted by molar-refractivity contribution is -0.118. The first-order valence-electron chi connectivity index (χ1n) is 7.34. The number of hydrogen-bond acceptors (Lipinski definition) is 7. The van der Waals surface area contributed by atoms with Crippen LogP contribution in [0.15, 0.2) is 18.3 Å². The Morgan fingerprint density at radius 3 is 3.17 bits per heavy atom. The summed E-state index contributed by atoms with van der Waals surface area (Å²) in [5.41, 5.74) is 0. The van der Waals surface area contributed by atoms with Gasteiger partial charge in [-0.25, -0.2) is 9.78 Å². The standard InChI is InChI=1S/C14H18N4O5/c19-9(6-18-7-12(20)17-14(18)21)4-15-5-10-8-22-11-2-1-3-16-13(11)23-10/h1-3,9-10,15,19H,4-8H2,(H,17,20,21). The van der Waals surface area contributed by atoms with E-state index in [0.29, 0.717) is 24.8 Å². The number of pyridine rings is 1. The molecule has 2 unspecified atom stereocenters. The normalized spacial score (nSPS) is 21.3. The Kier molecular flexibility index (Phi) is 4.58. The van der Waals surface area contributed by atoms with Gasteiger partial charge in [0.25, 0.3) is 5.88 Å². The third-order valence-electron chi connectivity index (χ3n) is 3.49. The predicted molar refractivity (Wildman–Crippen MR) is 78.1 cm³/mol. The Hall–Kier alpha value is -2.39. The smallest absolute Gasteiger partial charge is 0.324 e. The van der Waals surface area contributed by atoms with Crippen LogP contribution >= 0.6 is 0 Å². The van der Waals surface area contributed by atoms with Crippen molar-refractivity contribution in [1.29, 1.82) is 0 Å². The van der Waals surface area contributed by atoms with Crippen molar-refractivity contribution in [1.82, 2.24) is 20.5 Å². The molecule has 2 aliphatic rings. The number of carbonyl (C=O) groups excluding carboxylic acids is 2. The highest BCUT2D eigenvalue weighted by atomic mass is 16.6. The highest BCUT2D eigenvalue weighted by Crippen LogP contribution is 2.27. The highest BCUT2D eigenvalue weighted by Gasteiger charge is 2.28. The molecule has 0 spiro atoms. The SMILES string of the molecule is O=C1CN(CC(O)CNCC2COc3cccnc3O2)C(=O)N1. The maximum absolute atomic E-state index is 11.4. The fourth-order valence-corrected chi connectivity index (χ4v) is 2.41. The molecule has 0 saturated carbocycles. The van der Waals surface area contributed by atoms with Crippen molar-refractivity contribution in [3.8, 4) is 11.6 Å². The predicted octanol–water partition coefficient (Wildman–Crippen LogP) is -1.28. The van der Waals surface area contributed by atoms with Crippen LogP contribution < -0.4 is 20.1 Å². The summed E-state index contributed by atoms with van der Waals surface area (Å²) in [6.45, 7) is 1.21. The monoisotopic (exact) mass is 322 g/mol. The molecule has 3 N–H and O–H groups in total. The van der Waals surface area contributed by atoms with Crippen LogP contribution in [0.5, 0.6) is 11.6 Å². The number of carbonyl (C=O) groups is 2. The molecule has 2 aliphatic heterocycles. The van der Waals surface area contributed by atoms with Gasteiger partial charge < -0.3 is 24.8 Å². The number of rotatable bonds is 6. The molecular formula is C14H18N4O5. The Bertz CT molecular complexity index is 596. The Balaban J connectivity index is 1.38. The summed E-state index contributed by atoms with van der Waals surface area (Å²) >= 11 is 0. The highest BCUT2D eigenvalue weighted by molar-refractivity contribution is 6.01. The number of imide groups is 1. The van der Waals surface area contributed by atoms with Gasteiger partial charge in [0, 0.05) is 19.3 Å². The molecule has 1 saturated heterocycles. The van der Waals surface area contributed by atoms with E-state index in [2.05, 4.69) is 15.6 Å². The minimum Gasteiger partial charge on any atom is -0.484 e. The van der Waals surface area contributed by atoms with Gasteiger partial charge in [-0.05, 0) is 12.1 Å². The molecule has 23 heavy (non-hydrogen) atoms. The van der Waals surface area contributed by atoms with Crippen LogP contribution in [-0.2, 0) is 4.79 Å². The van der Waals surface area contributed by atoms with Gasteiger partial charge >= 0.3 is 6.03 Å². The molecule has 2 atom stereocenters. The van der Waals surface area contributed by atoms with Crippen LogP contribution in [0.1, 0.15) is 0 Å². The van der Waals surface area contributed by atoms with Gasteiger partial charge in [-0.1, -0.05) is 0 Å². The molecule has 1 aromatic heterocycles. The van der Waals surface area contributed by atoms with Crippen molar-refractivity contribution in [2.24, 2.45) is 0 Å². The molecule has 0 aliphatic carbocycles. The minimum absolute atomic E-state index is 0.0159. The van der Waals surface area contributed by atoms with Crippen LogP contribution in [0, 0.1) is 0 Å². The van der Waals surface area contributed by atoms with Crippen molar-refractivity contribution in [3.63, 3.8) is 0 Å². The summed E-state index contributed by atoms with van der Waals surface area (Å²) in [6.07, 6.45) is 0.646. The van der Waals surface area contributed by atoms with Crippen molar-refractivity contribution in [2.75, 3.05) is 32.8 Å². The van der Waals surface area contributed by atoms with Crippen molar-refractivity contribution >= 4 is 11.9 Å². The van der Waals surface area contributed by atoms with Gasteiger partial charge in [-0.2, -0.15) is 0 Å². The average Bonchev–Trinajstić information content (AvgIpc) is 2.84. The van der Waals surface area contributed by atoms with Crippen LogP contribution in [-0.4, -0.2) is 71.9 Å². The average molecular weight is 322 g/mol. The lowest BCUT2D eigenvalue weighted by Crippen LogP contribution is -2.44. The third-order valence-corrected chi connectivity index (χ3v) is 3.49. The molecule has 3 heterocycles. The molecule has 3 rings (SSSR count). The number of aliphatic hydroxyl groups is 1. The quantitative estimate of drug-likeness (QED) is 0.559. The van der Waals surface area contributed by atoms with Crippen molar-refractivity contribution in [2.45, 2.75) is 12.2 Å². The molecule has 9 nitrogen and oxygen atoms in total. The second kappa shape index (κ2) is 6.80. The first-order valence-corrected chi connectivity index (χ1v) is 7.34. The van der Waals surface area contributed by atoms with E-state index >= 15 is 0 Å². The van der Waals surface area contributed by atoms with E-state index in [4.69, 9.17) is 9.47 Å². The number of urea groups is 1. The zero-order valence-electron chi connectivity index (χ0n) is 12.4. The van der Waals surface area contributed by atoms with Gasteiger partial charge in [0.1, 0.15) is 19.3 Å². The van der Waals surface area contributed by atoms with Gasteiger partial charge in [-0.3, -0.25) is 10.1 Å². The number of amides is 3. The number of ether oxygens (including phenoxy) is 2. The molecule has 3 amide bonds. The molecule has 1 aromatic rings. The second-order valence-corrected chi connectivity index (χ2v) is 5.40. The van der Waals surface area contributed by atoms with E-state index in [1.54, 1.807) is 18.3 Å². The zero-order chi connectivity index (χ0) is 16.2. The molecular weight excluding hydrogens is 304 g/mol. The lowest BCUT2D eigenvalue weighted by Gasteiger charge is -2.26. The van der Waals surface area contributed by atoms with E-state index in [-0.39, 0.29) is 31.6 Å². The van der Waals surface area contributed by atoms with E-state index in [0.717, 1.165) is 0 Å². The van der Waals surface area contributed by atoms with Crippen LogP contribution in [0.2, 0.25) is 0 Å². The van der Waals surface area contributed by atoms with E-state index < -0.39 is 12.1 Å². The number of hydrogen-bond donors (Lipinski definition) is 3. The summed E-state index contributed by atoms with van der Waals surface area (Å²) < 4.78 is 11.2. The molecule has 0 bridgehead atoms. The third kappa shape index (κ3) is 3.88. The van der Waals surface area contributed by atoms with Crippen molar-refractivity contribution in [3.05, 3.63) is 18.3 Å². The first-order chi connectivity index (χ1) is 11.1. The van der Waals surface area contributed by atoms with Crippen LogP contribution in [0.3, 0.4) is 0 Å². The molecule has 0 aromatic carbocycles. The Morgan fingerprint density at radius 1 is 1.52 bits per heavy atom. The van der Waals surface area contributed by atoms with Gasteiger partial charge in [0.2, 0.25) is 5.91 Å². The summed E-state index contributed by atoms with van der Waals surface area (Å²) in [7, 11) is 0. The number of β-amino-alcohol motifs (C(OH)–C–C–N with tert-alkyl or cyclic N) is 1. The molecule has 1 fully saturated rings. The molecule has 0 radical (unpaired) electrons. The number of aromatic nitrogens is 1. The number of nitrogens with zero attached hydrogens (tertiary/aromatic N) is 2. The minimum atomic E-state index is -0.776. The maximum atomic E-state index is 11.4. The fraction of sp³-hybridized carbons (Fsp3) is 0.500. The largest absolute Gasteiger partial charge is 0.484 e. The summed E-state index contributed by atoms with van der Waals surface area (Å²) in [4.78, 5) is 27.8. The van der Waals surface area contributed by atoms with Crippen LogP contribution in [0.25, 0.3) is 0 Å². The summed E-state index contributed by atoms with van der Waals surface area (Å²) in [5, 5.41) is 15.1. The van der Waals surface area contributed by atoms with E-state index in [9.17, 15) is 14.7 Å². The van der Waals surface area contributed by atoms with E-state index in [1.807, 2.05) is 0 Å². The number of fused-ring (bicyclic) bond motifs is 1. The second-order valence-electron chi connectivity index (χ2n) is 5.40. The molecule has 9 heteroatoms. The van der Waals surface area contributed by atoms with Gasteiger partial charge in [0.05, 0.1) is 12.6 Å². The first kappa shape index (κ1) is 15.5. The number of nitrogens with one attached hydrogen (secondary N) is 2. The van der Waals surface area contributed by atoms with Crippen molar-refractivity contribution < 1.29 is 24.2 Å². The van der Waals surface area contributed by atoms with E-state index in [1.165, 1.54) is 4.90 Å². The Morgan fingerprint density at radius 2 is 2.39 bits per heavy atom. The van der Waals surface area contributed by atoms with Gasteiger partial charge in [0.15, 0.2) is 5.75 Å². The molecule has 124 valence electrons. The maximum Gasteiger partial charge on any atom is 0.324 e. The topological polar surface area (TPSA) is 113 Å². The zero-order valence-corrected chi connectivity index (χ0v) is 12.4. The summed E-state index contributed by atoms with van der Waals surface area (Å²) in [5.74, 6) is 0.723. The Labute approximate surface area is 132 Å². The summed E-state index contributed by atoms with van der Waals surface area (Å²) in [6, 6.07) is 3.09. The van der Waals surface area contributed by atoms with Gasteiger partial charge in [-0.15, -0.1) is 0 Å². The fourth-order valence-electron chi connectivity index (χ4n) is 2.41. The lowest BCUT2D eigenvalue weighted by atomic mass is 10.3. The number of aliphatic hydroxyl groups excluding tert-OH is 1. The van der Waals surface area contributed by atoms with Crippen LogP contribution in [0.4, 0.5) is 4.79 Å².